The summed E-state index contributed by atoms with van der Waals surface area (Å²) in [6.07, 6.45) is 6.09. The fourth-order valence-corrected chi connectivity index (χ4v) is 6.51. The first-order valence-corrected chi connectivity index (χ1v) is 9.34. The molecule has 4 saturated carbocycles. The highest BCUT2D eigenvalue weighted by atomic mass is 79.9. The molecule has 4 atom stereocenters. The Morgan fingerprint density at radius 3 is 2.33 bits per heavy atom. The normalized spacial score (nSPS) is 36.3. The van der Waals surface area contributed by atoms with Gasteiger partial charge in [-0.3, -0.25) is 14.4 Å². The van der Waals surface area contributed by atoms with Gasteiger partial charge in [0.05, 0.1) is 12.0 Å². The van der Waals surface area contributed by atoms with E-state index in [1.807, 2.05) is 0 Å². The number of hydrogen-bond acceptors (Lipinski definition) is 4. The maximum Gasteiger partial charge on any atom is 0.312 e. The summed E-state index contributed by atoms with van der Waals surface area (Å²) in [7, 11) is 3.25. The van der Waals surface area contributed by atoms with Crippen LogP contribution in [0.4, 0.5) is 0 Å². The highest BCUT2D eigenvalue weighted by molar-refractivity contribution is 9.10. The second-order valence-electron chi connectivity index (χ2n) is 8.03. The first-order chi connectivity index (χ1) is 11.2. The maximum absolute atomic E-state index is 12.7. The van der Waals surface area contributed by atoms with Gasteiger partial charge in [-0.2, -0.15) is 0 Å². The molecule has 0 spiro atoms. The topological polar surface area (TPSA) is 75.7 Å². The van der Waals surface area contributed by atoms with Crippen LogP contribution in [-0.4, -0.2) is 54.3 Å². The van der Waals surface area contributed by atoms with Gasteiger partial charge in [-0.1, -0.05) is 15.9 Å². The van der Waals surface area contributed by atoms with Gasteiger partial charge < -0.3 is 15.0 Å². The number of rotatable bonds is 5. The van der Waals surface area contributed by atoms with E-state index in [1.54, 1.807) is 14.1 Å². The van der Waals surface area contributed by atoms with Crippen molar-refractivity contribution >= 4 is 33.7 Å². The van der Waals surface area contributed by atoms with Crippen molar-refractivity contribution in [2.75, 3.05) is 27.2 Å². The zero-order valence-corrected chi connectivity index (χ0v) is 15.9. The Bertz CT molecular complexity index is 549. The minimum Gasteiger partial charge on any atom is -0.455 e. The molecule has 4 rings (SSSR count). The minimum absolute atomic E-state index is 0.0799. The molecule has 24 heavy (non-hydrogen) atoms. The van der Waals surface area contributed by atoms with E-state index in [4.69, 9.17) is 4.74 Å². The van der Waals surface area contributed by atoms with Gasteiger partial charge in [0.25, 0.3) is 5.91 Å². The lowest BCUT2D eigenvalue weighted by molar-refractivity contribution is -0.171. The molecule has 7 heteroatoms. The first-order valence-electron chi connectivity index (χ1n) is 8.54. The smallest absolute Gasteiger partial charge is 0.312 e. The quantitative estimate of drug-likeness (QED) is 0.559. The molecule has 1 N–H and O–H groups in total. The van der Waals surface area contributed by atoms with Crippen LogP contribution in [0.1, 0.15) is 38.5 Å². The molecular weight excluding hydrogens is 376 g/mol. The number of halogens is 1. The van der Waals surface area contributed by atoms with Crippen molar-refractivity contribution in [2.45, 2.75) is 42.8 Å². The largest absolute Gasteiger partial charge is 0.455 e. The number of likely N-dealkylation sites (N-methyl/N-ethyl adjacent to an activating group) is 1. The number of esters is 1. The molecule has 0 radical (unpaired) electrons. The van der Waals surface area contributed by atoms with E-state index in [9.17, 15) is 14.4 Å². The fourth-order valence-electron chi connectivity index (χ4n) is 5.06. The Morgan fingerprint density at radius 2 is 1.79 bits per heavy atom. The predicted molar refractivity (Wildman–Crippen MR) is 91.4 cm³/mol. The molecule has 0 aliphatic heterocycles. The molecule has 4 aliphatic carbocycles. The van der Waals surface area contributed by atoms with Gasteiger partial charge >= 0.3 is 5.97 Å². The lowest BCUT2D eigenvalue weighted by atomic mass is 9.49. The van der Waals surface area contributed by atoms with Gasteiger partial charge in [-0.05, 0) is 50.4 Å². The first kappa shape index (κ1) is 17.7. The average molecular weight is 401 g/mol. The SMILES string of the molecule is CN(C)C(=O)CNC(=O)COC(=O)C12C[C@@H]3C[C@@H](CC(Br)(C3)C1)C2. The summed E-state index contributed by atoms with van der Waals surface area (Å²) in [6.45, 7) is -0.394. The number of carbonyl (C=O) groups excluding carboxylic acids is 3. The molecule has 0 aromatic carbocycles. The van der Waals surface area contributed by atoms with Gasteiger partial charge in [0.15, 0.2) is 6.61 Å². The van der Waals surface area contributed by atoms with Gasteiger partial charge in [0.2, 0.25) is 5.91 Å². The summed E-state index contributed by atoms with van der Waals surface area (Å²) < 4.78 is 5.41. The van der Waals surface area contributed by atoms with E-state index in [1.165, 1.54) is 11.3 Å². The summed E-state index contributed by atoms with van der Waals surface area (Å²) in [6, 6.07) is 0. The number of nitrogens with one attached hydrogen (secondary N) is 1. The molecule has 6 nitrogen and oxygen atoms in total. The van der Waals surface area contributed by atoms with Crippen LogP contribution in [0.2, 0.25) is 0 Å². The summed E-state index contributed by atoms with van der Waals surface area (Å²) in [4.78, 5) is 37.3. The Morgan fingerprint density at radius 1 is 1.17 bits per heavy atom. The van der Waals surface area contributed by atoms with E-state index >= 15 is 0 Å². The molecule has 2 unspecified atom stereocenters. The van der Waals surface area contributed by atoms with Crippen LogP contribution in [0.15, 0.2) is 0 Å². The predicted octanol–water partition coefficient (Wildman–Crippen LogP) is 1.47. The van der Waals surface area contributed by atoms with Crippen molar-refractivity contribution in [3.05, 3.63) is 0 Å². The monoisotopic (exact) mass is 400 g/mol. The van der Waals surface area contributed by atoms with Crippen LogP contribution < -0.4 is 5.32 Å². The second kappa shape index (κ2) is 6.32. The Labute approximate surface area is 150 Å². The van der Waals surface area contributed by atoms with Crippen molar-refractivity contribution < 1.29 is 19.1 Å². The van der Waals surface area contributed by atoms with E-state index < -0.39 is 11.3 Å². The maximum atomic E-state index is 12.7. The number of ether oxygens (including phenoxy) is 1. The Balaban J connectivity index is 1.52. The standard InChI is InChI=1S/C17H25BrN2O4/c1-20(2)14(22)8-19-13(21)9-24-15(23)16-4-11-3-12(5-16)7-17(18,6-11)10-16/h11-12H,3-10H2,1-2H3,(H,19,21)/t11-,12+,16?,17?. The van der Waals surface area contributed by atoms with Crippen LogP contribution >= 0.6 is 15.9 Å². The molecule has 4 bridgehead atoms. The van der Waals surface area contributed by atoms with Gasteiger partial charge in [0, 0.05) is 18.4 Å². The van der Waals surface area contributed by atoms with Gasteiger partial charge in [-0.25, -0.2) is 0 Å². The zero-order chi connectivity index (χ0) is 17.5. The third-order valence-corrected chi connectivity index (χ3v) is 6.62. The van der Waals surface area contributed by atoms with E-state index in [0.717, 1.165) is 32.1 Å². The number of amides is 2. The Kier molecular flexibility index (Phi) is 4.66. The molecular formula is C17H25BrN2O4. The van der Waals surface area contributed by atoms with Crippen LogP contribution in [0.3, 0.4) is 0 Å². The van der Waals surface area contributed by atoms with Crippen LogP contribution in [0, 0.1) is 17.3 Å². The van der Waals surface area contributed by atoms with Crippen LogP contribution in [0.25, 0.3) is 0 Å². The van der Waals surface area contributed by atoms with Crippen molar-refractivity contribution in [3.8, 4) is 0 Å². The van der Waals surface area contributed by atoms with Crippen molar-refractivity contribution in [2.24, 2.45) is 17.3 Å². The second-order valence-corrected chi connectivity index (χ2v) is 9.72. The highest BCUT2D eigenvalue weighted by Gasteiger charge is 2.60. The molecule has 0 heterocycles. The third kappa shape index (κ3) is 3.46. The lowest BCUT2D eigenvalue weighted by Crippen LogP contribution is -2.56. The van der Waals surface area contributed by atoms with Crippen molar-refractivity contribution in [1.82, 2.24) is 10.2 Å². The highest BCUT2D eigenvalue weighted by Crippen LogP contribution is 2.64. The molecule has 2 amide bonds. The average Bonchev–Trinajstić information content (AvgIpc) is 2.47. The summed E-state index contributed by atoms with van der Waals surface area (Å²) >= 11 is 3.87. The zero-order valence-electron chi connectivity index (χ0n) is 14.3. The van der Waals surface area contributed by atoms with Gasteiger partial charge in [0.1, 0.15) is 0 Å². The number of alkyl halides is 1. The summed E-state index contributed by atoms with van der Waals surface area (Å²) in [5, 5.41) is 2.48. The number of carbonyl (C=O) groups is 3. The molecule has 0 saturated heterocycles. The van der Waals surface area contributed by atoms with E-state index in [-0.39, 0.29) is 29.4 Å². The number of nitrogens with zero attached hydrogens (tertiary/aromatic N) is 1. The third-order valence-electron chi connectivity index (χ3n) is 5.69. The van der Waals surface area contributed by atoms with Crippen molar-refractivity contribution in [1.29, 1.82) is 0 Å². The van der Waals surface area contributed by atoms with Crippen LogP contribution in [0.5, 0.6) is 0 Å². The summed E-state index contributed by atoms with van der Waals surface area (Å²) in [5.74, 6) is 0.303. The lowest BCUT2D eigenvalue weighted by Gasteiger charge is -2.58. The molecule has 134 valence electrons. The van der Waals surface area contributed by atoms with E-state index in [2.05, 4.69) is 21.2 Å². The minimum atomic E-state index is -0.433. The van der Waals surface area contributed by atoms with Crippen molar-refractivity contribution in [3.63, 3.8) is 0 Å². The molecule has 4 aliphatic rings. The van der Waals surface area contributed by atoms with Gasteiger partial charge in [-0.15, -0.1) is 0 Å². The molecule has 0 aromatic rings. The van der Waals surface area contributed by atoms with Crippen LogP contribution in [-0.2, 0) is 19.1 Å². The molecule has 4 fully saturated rings. The molecule has 0 aromatic heterocycles. The number of hydrogen-bond donors (Lipinski definition) is 1. The Hall–Kier alpha value is -1.11. The summed E-state index contributed by atoms with van der Waals surface area (Å²) in [5.41, 5.74) is -0.423. The fraction of sp³-hybridized carbons (Fsp3) is 0.824. The van der Waals surface area contributed by atoms with E-state index in [0.29, 0.717) is 11.8 Å².